The summed E-state index contributed by atoms with van der Waals surface area (Å²) >= 11 is 0. The first-order valence-electron chi connectivity index (χ1n) is 8.78. The van der Waals surface area contributed by atoms with Crippen LogP contribution in [0.5, 0.6) is 0 Å². The molecule has 29 heavy (non-hydrogen) atoms. The highest BCUT2D eigenvalue weighted by molar-refractivity contribution is 7.55. The van der Waals surface area contributed by atoms with Crippen LogP contribution in [-0.2, 0) is 20.7 Å². The number of rotatable bonds is 5. The van der Waals surface area contributed by atoms with Gasteiger partial charge in [-0.1, -0.05) is 12.1 Å². The molecule has 2 aromatic carbocycles. The molecule has 1 N–H and O–H groups in total. The number of fused-ring (bicyclic) bond motifs is 2. The molecular weight excluding hydrogens is 391 g/mol. The molecule has 4 rings (SSSR count). The van der Waals surface area contributed by atoms with Gasteiger partial charge in [-0.05, 0) is 29.7 Å². The molecule has 0 amide bonds. The topological polar surface area (TPSA) is 95.3 Å². The van der Waals surface area contributed by atoms with Crippen LogP contribution in [0.2, 0.25) is 0 Å². The smallest absolute Gasteiger partial charge is 0.296 e. The van der Waals surface area contributed by atoms with E-state index in [2.05, 4.69) is 15.2 Å². The van der Waals surface area contributed by atoms with Crippen LogP contribution in [0.1, 0.15) is 0 Å². The van der Waals surface area contributed by atoms with Gasteiger partial charge >= 0.3 is 7.75 Å². The Morgan fingerprint density at radius 1 is 1.00 bits per heavy atom. The van der Waals surface area contributed by atoms with Crippen LogP contribution in [0.15, 0.2) is 59.8 Å². The number of pyridine rings is 1. The van der Waals surface area contributed by atoms with Gasteiger partial charge in [-0.15, -0.1) is 0 Å². The lowest BCUT2D eigenvalue weighted by Crippen LogP contribution is -2.03. The van der Waals surface area contributed by atoms with Crippen molar-refractivity contribution in [2.45, 2.75) is 0 Å². The fraction of sp³-hybridized carbons (Fsp3) is 0.150. The molecule has 0 aliphatic carbocycles. The van der Waals surface area contributed by atoms with Crippen LogP contribution in [0.3, 0.4) is 0 Å². The zero-order valence-electron chi connectivity index (χ0n) is 16.1. The zero-order valence-corrected chi connectivity index (χ0v) is 17.0. The number of hydrogen-bond donors (Lipinski definition) is 1. The first-order chi connectivity index (χ1) is 13.9. The second-order valence-corrected chi connectivity index (χ2v) is 8.45. The van der Waals surface area contributed by atoms with E-state index in [-0.39, 0.29) is 5.43 Å². The first kappa shape index (κ1) is 19.3. The van der Waals surface area contributed by atoms with Gasteiger partial charge in [-0.3, -0.25) is 28.6 Å². The van der Waals surface area contributed by atoms with E-state index in [1.54, 1.807) is 35.3 Å². The molecule has 0 aliphatic rings. The minimum absolute atomic E-state index is 0.174. The molecule has 0 unspecified atom stereocenters. The third kappa shape index (κ3) is 3.65. The first-order valence-corrected chi connectivity index (χ1v) is 10.3. The predicted molar refractivity (Wildman–Crippen MR) is 113 cm³/mol. The number of aryl methyl sites for hydroxylation is 1. The molecule has 148 valence electrons. The largest absolute Gasteiger partial charge is 0.432 e. The second-order valence-electron chi connectivity index (χ2n) is 6.50. The third-order valence-corrected chi connectivity index (χ3v) is 6.16. The van der Waals surface area contributed by atoms with E-state index in [1.807, 2.05) is 31.4 Å². The molecule has 0 spiro atoms. The molecule has 4 aromatic rings. The van der Waals surface area contributed by atoms with Crippen LogP contribution in [0, 0.1) is 0 Å². The Labute approximate surface area is 166 Å². The van der Waals surface area contributed by atoms with Crippen LogP contribution >= 0.6 is 7.75 Å². The number of nitrogens with one attached hydrogen (secondary N) is 1. The van der Waals surface area contributed by atoms with Crippen molar-refractivity contribution in [3.63, 3.8) is 0 Å². The van der Waals surface area contributed by atoms with E-state index in [9.17, 15) is 9.36 Å². The predicted octanol–water partition coefficient (Wildman–Crippen LogP) is 3.96. The monoisotopic (exact) mass is 410 g/mol. The van der Waals surface area contributed by atoms with Crippen molar-refractivity contribution >= 4 is 35.1 Å². The summed E-state index contributed by atoms with van der Waals surface area (Å²) in [4.78, 5) is 17.8. The fourth-order valence-corrected chi connectivity index (χ4v) is 3.91. The normalized spacial score (nSPS) is 11.8. The summed E-state index contributed by atoms with van der Waals surface area (Å²) in [5.74, 6) is 0. The summed E-state index contributed by atoms with van der Waals surface area (Å²) < 4.78 is 23.9. The maximum atomic E-state index is 13.3. The maximum absolute atomic E-state index is 13.3. The molecule has 0 bridgehead atoms. The molecule has 0 saturated heterocycles. The average Bonchev–Trinajstić information content (AvgIpc) is 3.12. The van der Waals surface area contributed by atoms with Gasteiger partial charge in [0, 0.05) is 61.2 Å². The van der Waals surface area contributed by atoms with Gasteiger partial charge in [0.25, 0.3) is 0 Å². The molecule has 0 radical (unpaired) electrons. The Kier molecular flexibility index (Phi) is 4.92. The lowest BCUT2D eigenvalue weighted by atomic mass is 10.1. The van der Waals surface area contributed by atoms with Crippen molar-refractivity contribution in [3.05, 3.63) is 65.2 Å². The molecule has 2 aromatic heterocycles. The van der Waals surface area contributed by atoms with E-state index in [4.69, 9.17) is 9.05 Å². The molecule has 9 heteroatoms. The summed E-state index contributed by atoms with van der Waals surface area (Å²) in [6.07, 6.45) is 5.32. The number of anilines is 1. The van der Waals surface area contributed by atoms with Crippen LogP contribution in [0.4, 0.5) is 5.69 Å². The fourth-order valence-electron chi connectivity index (χ4n) is 3.12. The van der Waals surface area contributed by atoms with Gasteiger partial charge in [0.1, 0.15) is 0 Å². The Balaban J connectivity index is 1.91. The molecule has 0 fully saturated rings. The van der Waals surface area contributed by atoms with Crippen molar-refractivity contribution in [1.29, 1.82) is 0 Å². The van der Waals surface area contributed by atoms with E-state index in [0.29, 0.717) is 22.0 Å². The number of nitrogens with zero attached hydrogens (tertiary/aromatic N) is 3. The van der Waals surface area contributed by atoms with E-state index >= 15 is 0 Å². The number of hydrogen-bond acceptors (Lipinski definition) is 6. The van der Waals surface area contributed by atoms with Crippen LogP contribution < -0.4 is 10.5 Å². The maximum Gasteiger partial charge on any atom is 0.432 e. The third-order valence-electron chi connectivity index (χ3n) is 4.67. The standard InChI is InChI=1S/C20H19N4O4P/c1-24-12-15(11-22-24)14-8-18-19(21-10-14)7-5-13-4-6-16(9-17(13)20(18)25)23-29(26,27-2)28-3/h4-12H,1-3H3,(H,23,26). The SMILES string of the molecule is COP(=O)(Nc1ccc2ccc3ncc(-c4cnn(C)c4)cc3c(=O)c2c1)OC. The summed E-state index contributed by atoms with van der Waals surface area (Å²) in [6, 6.07) is 10.6. The minimum atomic E-state index is -3.48. The average molecular weight is 410 g/mol. The van der Waals surface area contributed by atoms with Crippen molar-refractivity contribution in [3.8, 4) is 11.1 Å². The van der Waals surface area contributed by atoms with Gasteiger partial charge in [0.2, 0.25) is 0 Å². The molecule has 0 saturated carbocycles. The van der Waals surface area contributed by atoms with Gasteiger partial charge < -0.3 is 0 Å². The van der Waals surface area contributed by atoms with Crippen LogP contribution in [0.25, 0.3) is 32.8 Å². The number of aromatic nitrogens is 3. The zero-order chi connectivity index (χ0) is 20.6. The molecular formula is C20H19N4O4P. The summed E-state index contributed by atoms with van der Waals surface area (Å²) in [6.45, 7) is 0. The van der Waals surface area contributed by atoms with Gasteiger partial charge in [0.15, 0.2) is 5.43 Å². The summed E-state index contributed by atoms with van der Waals surface area (Å²) in [7, 11) is 0.925. The van der Waals surface area contributed by atoms with Gasteiger partial charge in [-0.25, -0.2) is 4.57 Å². The highest BCUT2D eigenvalue weighted by Crippen LogP contribution is 2.46. The minimum Gasteiger partial charge on any atom is -0.296 e. The highest BCUT2D eigenvalue weighted by atomic mass is 31.2. The molecule has 8 nitrogen and oxygen atoms in total. The van der Waals surface area contributed by atoms with Crippen molar-refractivity contribution in [1.82, 2.24) is 14.8 Å². The van der Waals surface area contributed by atoms with E-state index in [1.165, 1.54) is 14.2 Å². The van der Waals surface area contributed by atoms with E-state index < -0.39 is 7.75 Å². The lowest BCUT2D eigenvalue weighted by Gasteiger charge is -2.15. The van der Waals surface area contributed by atoms with Gasteiger partial charge in [0.05, 0.1) is 11.7 Å². The lowest BCUT2D eigenvalue weighted by molar-refractivity contribution is 0.281. The Morgan fingerprint density at radius 3 is 2.45 bits per heavy atom. The van der Waals surface area contributed by atoms with Crippen LogP contribution in [-0.4, -0.2) is 29.0 Å². The Bertz CT molecular complexity index is 1330. The van der Waals surface area contributed by atoms with Gasteiger partial charge in [-0.2, -0.15) is 5.10 Å². The van der Waals surface area contributed by atoms with E-state index in [0.717, 1.165) is 16.5 Å². The second kappa shape index (κ2) is 7.40. The number of benzene rings is 1. The Hall–Kier alpha value is -3.06. The summed E-state index contributed by atoms with van der Waals surface area (Å²) in [5, 5.41) is 8.58. The highest BCUT2D eigenvalue weighted by Gasteiger charge is 2.21. The molecule has 0 aliphatic heterocycles. The van der Waals surface area contributed by atoms with Crippen molar-refractivity contribution < 1.29 is 13.6 Å². The quantitative estimate of drug-likeness (QED) is 0.498. The molecule has 0 atom stereocenters. The van der Waals surface area contributed by atoms with Crippen molar-refractivity contribution in [2.24, 2.45) is 7.05 Å². The molecule has 2 heterocycles. The Morgan fingerprint density at radius 2 is 1.76 bits per heavy atom. The summed E-state index contributed by atoms with van der Waals surface area (Å²) in [5.41, 5.74) is 2.55. The van der Waals surface area contributed by atoms with Crippen molar-refractivity contribution in [2.75, 3.05) is 19.3 Å².